The molecule has 0 aliphatic carbocycles. The van der Waals surface area contributed by atoms with Gasteiger partial charge in [0.1, 0.15) is 10.2 Å². The molecule has 0 fully saturated rings. The van der Waals surface area contributed by atoms with Gasteiger partial charge < -0.3 is 5.73 Å². The minimum Gasteiger partial charge on any atom is -0.386 e. The third-order valence-electron chi connectivity index (χ3n) is 1.99. The van der Waals surface area contributed by atoms with E-state index in [2.05, 4.69) is 9.38 Å². The first-order valence-electron chi connectivity index (χ1n) is 5.37. The van der Waals surface area contributed by atoms with Crippen LogP contribution in [0.2, 0.25) is 0 Å². The van der Waals surface area contributed by atoms with Crippen LogP contribution in [0.3, 0.4) is 0 Å². The van der Waals surface area contributed by atoms with Crippen LogP contribution in [0.4, 0.5) is 13.2 Å². The van der Waals surface area contributed by atoms with Crippen molar-refractivity contribution < 1.29 is 21.6 Å². The van der Waals surface area contributed by atoms with Crippen molar-refractivity contribution in [3.63, 3.8) is 0 Å². The number of thiazole rings is 1. The van der Waals surface area contributed by atoms with Crippen LogP contribution in [-0.4, -0.2) is 36.8 Å². The van der Waals surface area contributed by atoms with Gasteiger partial charge in [-0.2, -0.15) is 33.4 Å². The average molecular weight is 379 g/mol. The molecule has 1 rings (SSSR count). The molecule has 1 aromatic heterocycles. The number of amidine groups is 1. The predicted octanol–water partition coefficient (Wildman–Crippen LogP) is 2.70. The maximum atomic E-state index is 12.1. The van der Waals surface area contributed by atoms with Gasteiger partial charge in [0.25, 0.3) is 0 Å². The highest BCUT2D eigenvalue weighted by Gasteiger charge is 2.46. The van der Waals surface area contributed by atoms with Gasteiger partial charge in [-0.25, -0.2) is 4.98 Å². The van der Waals surface area contributed by atoms with E-state index in [1.165, 1.54) is 34.9 Å². The third kappa shape index (κ3) is 6.04. The van der Waals surface area contributed by atoms with Crippen LogP contribution >= 0.6 is 34.9 Å². The van der Waals surface area contributed by atoms with Crippen LogP contribution < -0.4 is 5.73 Å². The highest BCUT2D eigenvalue weighted by molar-refractivity contribution is 8.00. The second kappa shape index (κ2) is 7.70. The Labute approximate surface area is 132 Å². The van der Waals surface area contributed by atoms with Gasteiger partial charge in [-0.1, -0.05) is 11.8 Å². The SMILES string of the molecule is CSc1nc(CSCCC(N)=NS(=O)(=O)C(F)(F)F)cs1. The fourth-order valence-corrected chi connectivity index (χ4v) is 3.80. The van der Waals surface area contributed by atoms with Gasteiger partial charge in [-0.15, -0.1) is 15.7 Å². The Hall–Kier alpha value is -0.460. The zero-order valence-corrected chi connectivity index (χ0v) is 14.0. The number of alkyl halides is 3. The number of nitrogens with two attached hydrogens (primary N) is 1. The molecule has 1 aromatic rings. The lowest BCUT2D eigenvalue weighted by Gasteiger charge is -2.04. The number of sulfonamides is 1. The molecule has 0 radical (unpaired) electrons. The summed E-state index contributed by atoms with van der Waals surface area (Å²) in [5, 5.41) is 1.89. The molecule has 21 heavy (non-hydrogen) atoms. The van der Waals surface area contributed by atoms with Gasteiger partial charge in [0.05, 0.1) is 5.69 Å². The van der Waals surface area contributed by atoms with Crippen molar-refractivity contribution in [2.24, 2.45) is 10.1 Å². The zero-order chi connectivity index (χ0) is 16.1. The van der Waals surface area contributed by atoms with Crippen LogP contribution in [0, 0.1) is 0 Å². The summed E-state index contributed by atoms with van der Waals surface area (Å²) in [5.41, 5.74) is 0.653. The Kier molecular flexibility index (Phi) is 6.81. The Bertz CT molecular complexity index is 598. The number of halogens is 3. The maximum absolute atomic E-state index is 12.1. The number of nitrogens with zero attached hydrogens (tertiary/aromatic N) is 2. The fourth-order valence-electron chi connectivity index (χ4n) is 1.05. The predicted molar refractivity (Wildman–Crippen MR) is 81.3 cm³/mol. The van der Waals surface area contributed by atoms with Crippen molar-refractivity contribution in [2.45, 2.75) is 22.0 Å². The van der Waals surface area contributed by atoms with Gasteiger partial charge in [0, 0.05) is 23.3 Å². The number of hydrogen-bond donors (Lipinski definition) is 1. The minimum absolute atomic E-state index is 0.0422. The molecule has 0 spiro atoms. The summed E-state index contributed by atoms with van der Waals surface area (Å²) in [6.45, 7) is 0. The molecule has 0 aromatic carbocycles. The number of aromatic nitrogens is 1. The summed E-state index contributed by atoms with van der Waals surface area (Å²) in [6.07, 6.45) is 1.87. The van der Waals surface area contributed by atoms with Crippen LogP contribution in [0.25, 0.3) is 0 Å². The summed E-state index contributed by atoms with van der Waals surface area (Å²) in [5.74, 6) is 0.383. The van der Waals surface area contributed by atoms with Crippen molar-refractivity contribution in [1.82, 2.24) is 4.98 Å². The number of hydrogen-bond acceptors (Lipinski definition) is 6. The monoisotopic (exact) mass is 379 g/mol. The van der Waals surface area contributed by atoms with Crippen LogP contribution in [-0.2, 0) is 15.8 Å². The lowest BCUT2D eigenvalue weighted by atomic mass is 10.5. The second-order valence-electron chi connectivity index (χ2n) is 3.61. The molecular weight excluding hydrogens is 367 g/mol. The molecule has 0 saturated carbocycles. The molecule has 0 aliphatic rings. The number of rotatable bonds is 7. The average Bonchev–Trinajstić information content (AvgIpc) is 2.80. The van der Waals surface area contributed by atoms with E-state index in [1.807, 2.05) is 11.6 Å². The molecule has 0 aliphatic heterocycles. The standard InChI is InChI=1S/C9H12F3N3O2S4/c1-18-8-14-6(5-20-8)4-19-3-2-7(13)15-21(16,17)9(10,11)12/h5H,2-4H2,1H3,(H2,13,15). The normalized spacial score (nSPS) is 13.6. The van der Waals surface area contributed by atoms with Gasteiger partial charge in [-0.3, -0.25) is 0 Å². The van der Waals surface area contributed by atoms with E-state index in [4.69, 9.17) is 5.73 Å². The summed E-state index contributed by atoms with van der Waals surface area (Å²) in [7, 11) is -5.55. The first kappa shape index (κ1) is 18.6. The fraction of sp³-hybridized carbons (Fsp3) is 0.556. The molecule has 0 bridgehead atoms. The topological polar surface area (TPSA) is 85.4 Å². The molecule has 0 amide bonds. The maximum Gasteiger partial charge on any atom is 0.518 e. The molecule has 5 nitrogen and oxygen atoms in total. The molecule has 120 valence electrons. The van der Waals surface area contributed by atoms with E-state index in [9.17, 15) is 21.6 Å². The highest BCUT2D eigenvalue weighted by atomic mass is 32.2. The van der Waals surface area contributed by atoms with Crippen LogP contribution in [0.5, 0.6) is 0 Å². The largest absolute Gasteiger partial charge is 0.518 e. The van der Waals surface area contributed by atoms with Crippen LogP contribution in [0.15, 0.2) is 14.1 Å². The van der Waals surface area contributed by atoms with E-state index >= 15 is 0 Å². The van der Waals surface area contributed by atoms with Crippen molar-refractivity contribution in [2.75, 3.05) is 12.0 Å². The Morgan fingerprint density at radius 2 is 2.19 bits per heavy atom. The quantitative estimate of drug-likeness (QED) is 0.339. The molecule has 2 N–H and O–H groups in total. The van der Waals surface area contributed by atoms with E-state index < -0.39 is 21.4 Å². The van der Waals surface area contributed by atoms with E-state index in [0.29, 0.717) is 11.5 Å². The zero-order valence-electron chi connectivity index (χ0n) is 10.8. The van der Waals surface area contributed by atoms with E-state index in [0.717, 1.165) is 10.0 Å². The first-order valence-corrected chi connectivity index (χ1v) is 10.1. The summed E-state index contributed by atoms with van der Waals surface area (Å²) in [4.78, 5) is 4.29. The van der Waals surface area contributed by atoms with Gasteiger partial charge in [0.2, 0.25) is 0 Å². The molecule has 0 saturated heterocycles. The summed E-state index contributed by atoms with van der Waals surface area (Å²) >= 11 is 4.43. The minimum atomic E-state index is -5.55. The lowest BCUT2D eigenvalue weighted by Crippen LogP contribution is -2.25. The van der Waals surface area contributed by atoms with Crippen LogP contribution in [0.1, 0.15) is 12.1 Å². The Morgan fingerprint density at radius 1 is 1.52 bits per heavy atom. The molecule has 0 unspecified atom stereocenters. The van der Waals surface area contributed by atoms with Crippen molar-refractivity contribution in [3.8, 4) is 0 Å². The van der Waals surface area contributed by atoms with Crippen molar-refractivity contribution in [1.29, 1.82) is 0 Å². The summed E-state index contributed by atoms with van der Waals surface area (Å²) < 4.78 is 61.2. The van der Waals surface area contributed by atoms with Gasteiger partial charge in [0.15, 0.2) is 0 Å². The Morgan fingerprint density at radius 3 is 2.71 bits per heavy atom. The molecule has 1 heterocycles. The van der Waals surface area contributed by atoms with E-state index in [-0.39, 0.29) is 6.42 Å². The molecular formula is C9H12F3N3O2S4. The van der Waals surface area contributed by atoms with Crippen molar-refractivity contribution in [3.05, 3.63) is 11.1 Å². The van der Waals surface area contributed by atoms with Crippen molar-refractivity contribution >= 4 is 50.7 Å². The van der Waals surface area contributed by atoms with Gasteiger partial charge in [-0.05, 0) is 6.26 Å². The highest BCUT2D eigenvalue weighted by Crippen LogP contribution is 2.25. The first-order chi connectivity index (χ1) is 9.65. The lowest BCUT2D eigenvalue weighted by molar-refractivity contribution is -0.0435. The van der Waals surface area contributed by atoms with E-state index in [1.54, 1.807) is 0 Å². The second-order valence-corrected chi connectivity index (χ2v) is 8.23. The van der Waals surface area contributed by atoms with Gasteiger partial charge >= 0.3 is 15.5 Å². The summed E-state index contributed by atoms with van der Waals surface area (Å²) in [6, 6.07) is 0. The Balaban J connectivity index is 2.42. The molecule has 12 heteroatoms. The third-order valence-corrected chi connectivity index (χ3v) is 5.95. The molecule has 0 atom stereocenters. The smallest absolute Gasteiger partial charge is 0.386 e. The number of thioether (sulfide) groups is 2.